The molecule has 124 valence electrons. The number of unbranched alkanes of at least 4 members (excludes halogenated alkanes) is 1. The molecule has 0 bridgehead atoms. The van der Waals surface area contributed by atoms with Crippen molar-refractivity contribution in [2.75, 3.05) is 6.61 Å². The molecule has 0 unspecified atom stereocenters. The van der Waals surface area contributed by atoms with Gasteiger partial charge in [-0.3, -0.25) is 0 Å². The number of pyridine rings is 1. The number of aromatic nitrogens is 3. The fourth-order valence-corrected chi connectivity index (χ4v) is 2.49. The topological polar surface area (TPSA) is 61.0 Å². The summed E-state index contributed by atoms with van der Waals surface area (Å²) in [6.07, 6.45) is 3.65. The van der Waals surface area contributed by atoms with E-state index in [1.54, 1.807) is 30.5 Å². The van der Waals surface area contributed by atoms with Crippen LogP contribution >= 0.6 is 23.2 Å². The molecule has 1 aromatic carbocycles. The van der Waals surface area contributed by atoms with Crippen molar-refractivity contribution in [2.24, 2.45) is 0 Å². The van der Waals surface area contributed by atoms with Crippen LogP contribution in [0.25, 0.3) is 22.8 Å². The van der Waals surface area contributed by atoms with Crippen molar-refractivity contribution in [1.82, 2.24) is 15.1 Å². The highest BCUT2D eigenvalue weighted by molar-refractivity contribution is 6.43. The van der Waals surface area contributed by atoms with Gasteiger partial charge in [-0.25, -0.2) is 4.98 Å². The zero-order chi connectivity index (χ0) is 16.9. The molecule has 0 aliphatic heterocycles. The van der Waals surface area contributed by atoms with E-state index in [-0.39, 0.29) is 0 Å². The lowest BCUT2D eigenvalue weighted by atomic mass is 10.2. The maximum absolute atomic E-state index is 6.21. The van der Waals surface area contributed by atoms with E-state index in [4.69, 9.17) is 32.5 Å². The number of halogens is 2. The summed E-state index contributed by atoms with van der Waals surface area (Å²) in [6, 6.07) is 8.88. The van der Waals surface area contributed by atoms with Crippen molar-refractivity contribution in [3.05, 3.63) is 46.6 Å². The smallest absolute Gasteiger partial charge is 0.263 e. The molecule has 3 rings (SSSR count). The van der Waals surface area contributed by atoms with E-state index >= 15 is 0 Å². The highest BCUT2D eigenvalue weighted by Crippen LogP contribution is 2.34. The van der Waals surface area contributed by atoms with Gasteiger partial charge < -0.3 is 9.26 Å². The maximum Gasteiger partial charge on any atom is 0.263 e. The van der Waals surface area contributed by atoms with Crippen LogP contribution in [0.1, 0.15) is 19.8 Å². The highest BCUT2D eigenvalue weighted by Gasteiger charge is 2.18. The van der Waals surface area contributed by atoms with E-state index in [1.165, 1.54) is 0 Å². The minimum absolute atomic E-state index is 0.320. The molecule has 0 radical (unpaired) electrons. The SMILES string of the molecule is CCCCOc1ncccc1-c1nc(-c2cccc(Cl)c2Cl)no1. The van der Waals surface area contributed by atoms with Crippen molar-refractivity contribution >= 4 is 23.2 Å². The Morgan fingerprint density at radius 3 is 2.79 bits per heavy atom. The van der Waals surface area contributed by atoms with Crippen LogP contribution in [-0.2, 0) is 0 Å². The first-order valence-corrected chi connectivity index (χ1v) is 8.32. The van der Waals surface area contributed by atoms with Gasteiger partial charge >= 0.3 is 0 Å². The summed E-state index contributed by atoms with van der Waals surface area (Å²) in [5, 5.41) is 4.81. The molecule has 3 aromatic rings. The Hall–Kier alpha value is -2.11. The number of nitrogens with zero attached hydrogens (tertiary/aromatic N) is 3. The molecule has 0 spiro atoms. The molecule has 0 saturated carbocycles. The quantitative estimate of drug-likeness (QED) is 0.557. The fourth-order valence-electron chi connectivity index (χ4n) is 2.10. The summed E-state index contributed by atoms with van der Waals surface area (Å²) in [7, 11) is 0. The Morgan fingerprint density at radius 1 is 1.12 bits per heavy atom. The minimum Gasteiger partial charge on any atom is -0.477 e. The summed E-state index contributed by atoms with van der Waals surface area (Å²) in [5.74, 6) is 1.15. The molecule has 24 heavy (non-hydrogen) atoms. The lowest BCUT2D eigenvalue weighted by molar-refractivity contribution is 0.297. The van der Waals surface area contributed by atoms with Crippen molar-refractivity contribution < 1.29 is 9.26 Å². The summed E-state index contributed by atoms with van der Waals surface area (Å²) < 4.78 is 11.1. The minimum atomic E-state index is 0.320. The second-order valence-corrected chi connectivity index (χ2v) is 5.87. The van der Waals surface area contributed by atoms with Crippen LogP contribution < -0.4 is 4.74 Å². The molecule has 0 aliphatic carbocycles. The Morgan fingerprint density at radius 2 is 1.96 bits per heavy atom. The molecule has 0 N–H and O–H groups in total. The Balaban J connectivity index is 1.92. The van der Waals surface area contributed by atoms with Gasteiger partial charge in [0.15, 0.2) is 0 Å². The molecule has 0 atom stereocenters. The molecule has 0 aliphatic rings. The van der Waals surface area contributed by atoms with Gasteiger partial charge in [0, 0.05) is 11.8 Å². The molecular formula is C17H15Cl2N3O2. The standard InChI is InChI=1S/C17H15Cl2N3O2/c1-2-3-10-23-16-12(7-5-9-20-16)17-21-15(22-24-17)11-6-4-8-13(18)14(11)19/h4-9H,2-3,10H2,1H3. The van der Waals surface area contributed by atoms with Gasteiger partial charge in [-0.15, -0.1) is 0 Å². The molecule has 5 nitrogen and oxygen atoms in total. The predicted octanol–water partition coefficient (Wildman–Crippen LogP) is 5.28. The van der Waals surface area contributed by atoms with E-state index in [1.807, 2.05) is 6.07 Å². The lowest BCUT2D eigenvalue weighted by Gasteiger charge is -2.06. The fraction of sp³-hybridized carbons (Fsp3) is 0.235. The van der Waals surface area contributed by atoms with Crippen LogP contribution in [0, 0.1) is 0 Å². The zero-order valence-electron chi connectivity index (χ0n) is 13.0. The molecule has 0 amide bonds. The average Bonchev–Trinajstić information content (AvgIpc) is 3.08. The van der Waals surface area contributed by atoms with Crippen molar-refractivity contribution in [3.63, 3.8) is 0 Å². The van der Waals surface area contributed by atoms with Crippen molar-refractivity contribution in [1.29, 1.82) is 0 Å². The second-order valence-electron chi connectivity index (χ2n) is 5.08. The predicted molar refractivity (Wildman–Crippen MR) is 93.4 cm³/mol. The molecule has 2 aromatic heterocycles. The van der Waals surface area contributed by atoms with Gasteiger partial charge in [-0.05, 0) is 30.7 Å². The average molecular weight is 364 g/mol. The van der Waals surface area contributed by atoms with E-state index in [2.05, 4.69) is 22.0 Å². The van der Waals surface area contributed by atoms with Crippen LogP contribution in [0.4, 0.5) is 0 Å². The normalized spacial score (nSPS) is 10.8. The lowest BCUT2D eigenvalue weighted by Crippen LogP contribution is -2.00. The summed E-state index contributed by atoms with van der Waals surface area (Å²) in [4.78, 5) is 8.64. The Labute approximate surface area is 149 Å². The molecule has 2 heterocycles. The van der Waals surface area contributed by atoms with Crippen LogP contribution in [0.2, 0.25) is 10.0 Å². The van der Waals surface area contributed by atoms with Crippen LogP contribution in [0.3, 0.4) is 0 Å². The van der Waals surface area contributed by atoms with Gasteiger partial charge in [-0.1, -0.05) is 47.8 Å². The van der Waals surface area contributed by atoms with Gasteiger partial charge in [-0.2, -0.15) is 4.98 Å². The second kappa shape index (κ2) is 7.64. The molecule has 7 heteroatoms. The number of hydrogen-bond donors (Lipinski definition) is 0. The molecule has 0 fully saturated rings. The van der Waals surface area contributed by atoms with E-state index in [0.717, 1.165) is 12.8 Å². The Kier molecular flexibility index (Phi) is 5.33. The van der Waals surface area contributed by atoms with E-state index in [9.17, 15) is 0 Å². The third kappa shape index (κ3) is 3.52. The summed E-state index contributed by atoms with van der Waals surface area (Å²) in [6.45, 7) is 2.68. The third-order valence-corrected chi connectivity index (χ3v) is 4.18. The number of benzene rings is 1. The number of ether oxygens (including phenoxy) is 1. The Bertz CT molecular complexity index is 836. The van der Waals surface area contributed by atoms with Crippen molar-refractivity contribution in [3.8, 4) is 28.7 Å². The van der Waals surface area contributed by atoms with Gasteiger partial charge in [0.1, 0.15) is 5.56 Å². The molecule has 0 saturated heterocycles. The van der Waals surface area contributed by atoms with Gasteiger partial charge in [0.05, 0.1) is 16.7 Å². The maximum atomic E-state index is 6.21. The highest BCUT2D eigenvalue weighted by atomic mass is 35.5. The zero-order valence-corrected chi connectivity index (χ0v) is 14.5. The summed E-state index contributed by atoms with van der Waals surface area (Å²) in [5.41, 5.74) is 1.25. The van der Waals surface area contributed by atoms with E-state index < -0.39 is 0 Å². The first-order valence-electron chi connectivity index (χ1n) is 7.57. The monoisotopic (exact) mass is 363 g/mol. The van der Waals surface area contributed by atoms with Gasteiger partial charge in [0.25, 0.3) is 5.89 Å². The first kappa shape index (κ1) is 16.7. The van der Waals surface area contributed by atoms with Crippen LogP contribution in [0.15, 0.2) is 41.1 Å². The van der Waals surface area contributed by atoms with Crippen LogP contribution in [-0.4, -0.2) is 21.7 Å². The third-order valence-electron chi connectivity index (χ3n) is 3.36. The van der Waals surface area contributed by atoms with Crippen LogP contribution in [0.5, 0.6) is 5.88 Å². The molecular weight excluding hydrogens is 349 g/mol. The first-order chi connectivity index (χ1) is 11.7. The largest absolute Gasteiger partial charge is 0.477 e. The van der Waals surface area contributed by atoms with Gasteiger partial charge in [0.2, 0.25) is 11.7 Å². The summed E-state index contributed by atoms with van der Waals surface area (Å²) >= 11 is 12.2. The van der Waals surface area contributed by atoms with Crippen molar-refractivity contribution in [2.45, 2.75) is 19.8 Å². The number of hydrogen-bond acceptors (Lipinski definition) is 5. The van der Waals surface area contributed by atoms with E-state index in [0.29, 0.717) is 45.4 Å². The number of rotatable bonds is 6.